The van der Waals surface area contributed by atoms with Gasteiger partial charge >= 0.3 is 0 Å². The molecule has 3 nitrogen and oxygen atoms in total. The van der Waals surface area contributed by atoms with Crippen LogP contribution in [0.15, 0.2) is 0 Å². The minimum Gasteiger partial charge on any atom is -0.341 e. The zero-order valence-electron chi connectivity index (χ0n) is 10.3. The van der Waals surface area contributed by atoms with Crippen LogP contribution in [0.5, 0.6) is 0 Å². The first kappa shape index (κ1) is 12.5. The Hall–Kier alpha value is -0.570. The van der Waals surface area contributed by atoms with Crippen LogP contribution < -0.4 is 5.32 Å². The normalized spacial score (nSPS) is 22.7. The summed E-state index contributed by atoms with van der Waals surface area (Å²) < 4.78 is 0. The van der Waals surface area contributed by atoms with E-state index >= 15 is 0 Å². The van der Waals surface area contributed by atoms with Gasteiger partial charge in [-0.3, -0.25) is 4.79 Å². The van der Waals surface area contributed by atoms with E-state index in [0.29, 0.717) is 24.3 Å². The van der Waals surface area contributed by atoms with Crippen LogP contribution in [0.25, 0.3) is 0 Å². The summed E-state index contributed by atoms with van der Waals surface area (Å²) in [6, 6.07) is 0.423. The Morgan fingerprint density at radius 2 is 2.33 bits per heavy atom. The number of carbonyl (C=O) groups is 1. The molecule has 1 heterocycles. The van der Waals surface area contributed by atoms with Crippen LogP contribution in [0, 0.1) is 5.92 Å². The predicted molar refractivity (Wildman–Crippen MR) is 62.7 cm³/mol. The van der Waals surface area contributed by atoms with Gasteiger partial charge in [-0.15, -0.1) is 0 Å². The van der Waals surface area contributed by atoms with E-state index in [2.05, 4.69) is 19.2 Å². The van der Waals surface area contributed by atoms with E-state index in [4.69, 9.17) is 0 Å². The smallest absolute Gasteiger partial charge is 0.222 e. The van der Waals surface area contributed by atoms with Crippen molar-refractivity contribution in [1.29, 1.82) is 0 Å². The number of rotatable bonds is 5. The van der Waals surface area contributed by atoms with Crippen molar-refractivity contribution in [2.75, 3.05) is 20.1 Å². The lowest BCUT2D eigenvalue weighted by Crippen LogP contribution is -2.38. The van der Waals surface area contributed by atoms with Gasteiger partial charge in [0.15, 0.2) is 0 Å². The summed E-state index contributed by atoms with van der Waals surface area (Å²) in [6.45, 7) is 6.35. The van der Waals surface area contributed by atoms with Gasteiger partial charge in [0.05, 0.1) is 0 Å². The Morgan fingerprint density at radius 3 is 2.87 bits per heavy atom. The van der Waals surface area contributed by atoms with Crippen molar-refractivity contribution in [1.82, 2.24) is 10.2 Å². The summed E-state index contributed by atoms with van der Waals surface area (Å²) in [6.07, 6.45) is 4.14. The number of carbonyl (C=O) groups excluding carboxylic acids is 1. The molecule has 0 aromatic heterocycles. The van der Waals surface area contributed by atoms with E-state index in [0.717, 1.165) is 25.9 Å². The lowest BCUT2D eigenvalue weighted by atomic mass is 10.0. The van der Waals surface area contributed by atoms with Crippen LogP contribution in [0.1, 0.15) is 39.5 Å². The molecular formula is C12H24N2O. The van der Waals surface area contributed by atoms with Crippen LogP contribution >= 0.6 is 0 Å². The zero-order chi connectivity index (χ0) is 11.3. The molecule has 0 aromatic carbocycles. The summed E-state index contributed by atoms with van der Waals surface area (Å²) in [7, 11) is 1.94. The fourth-order valence-electron chi connectivity index (χ4n) is 2.21. The second-order valence-corrected chi connectivity index (χ2v) is 4.75. The SMILES string of the molecule is CCCC(C)CC(=O)N(C)C1CCNC1. The van der Waals surface area contributed by atoms with Crippen LogP contribution in [-0.4, -0.2) is 37.0 Å². The van der Waals surface area contributed by atoms with E-state index in [-0.39, 0.29) is 0 Å². The number of nitrogens with one attached hydrogen (secondary N) is 1. The minimum absolute atomic E-state index is 0.310. The van der Waals surface area contributed by atoms with Gasteiger partial charge in [0.2, 0.25) is 5.91 Å². The number of likely N-dealkylation sites (N-methyl/N-ethyl adjacent to an activating group) is 1. The van der Waals surface area contributed by atoms with E-state index in [1.165, 1.54) is 6.42 Å². The maximum atomic E-state index is 11.9. The lowest BCUT2D eigenvalue weighted by molar-refractivity contribution is -0.132. The molecule has 3 heteroatoms. The average molecular weight is 212 g/mol. The molecule has 0 radical (unpaired) electrons. The molecule has 1 aliphatic heterocycles. The Balaban J connectivity index is 2.31. The van der Waals surface area contributed by atoms with Crippen molar-refractivity contribution < 1.29 is 4.79 Å². The first-order valence-electron chi connectivity index (χ1n) is 6.11. The van der Waals surface area contributed by atoms with Gasteiger partial charge in [-0.05, 0) is 18.9 Å². The number of hydrogen-bond donors (Lipinski definition) is 1. The second-order valence-electron chi connectivity index (χ2n) is 4.75. The summed E-state index contributed by atoms with van der Waals surface area (Å²) in [5, 5.41) is 3.29. The van der Waals surface area contributed by atoms with E-state index in [1.807, 2.05) is 11.9 Å². The molecule has 15 heavy (non-hydrogen) atoms. The van der Waals surface area contributed by atoms with Gasteiger partial charge in [0, 0.05) is 26.1 Å². The molecule has 2 unspecified atom stereocenters. The van der Waals surface area contributed by atoms with Gasteiger partial charge in [-0.25, -0.2) is 0 Å². The average Bonchev–Trinajstić information content (AvgIpc) is 2.69. The topological polar surface area (TPSA) is 32.3 Å². The maximum Gasteiger partial charge on any atom is 0.222 e. The largest absolute Gasteiger partial charge is 0.341 e. The van der Waals surface area contributed by atoms with Crippen LogP contribution in [-0.2, 0) is 4.79 Å². The van der Waals surface area contributed by atoms with Crippen molar-refractivity contribution in [2.45, 2.75) is 45.6 Å². The molecule has 0 bridgehead atoms. The Morgan fingerprint density at radius 1 is 1.60 bits per heavy atom. The molecule has 1 rings (SSSR count). The predicted octanol–water partition coefficient (Wildman–Crippen LogP) is 1.63. The monoisotopic (exact) mass is 212 g/mol. The molecule has 1 amide bonds. The summed E-state index contributed by atoms with van der Waals surface area (Å²) in [4.78, 5) is 13.9. The molecule has 0 aromatic rings. The van der Waals surface area contributed by atoms with Gasteiger partial charge in [-0.1, -0.05) is 26.7 Å². The molecule has 0 saturated carbocycles. The van der Waals surface area contributed by atoms with Crippen LogP contribution in [0.4, 0.5) is 0 Å². The van der Waals surface area contributed by atoms with Gasteiger partial charge < -0.3 is 10.2 Å². The van der Waals surface area contributed by atoms with Crippen LogP contribution in [0.3, 0.4) is 0 Å². The molecule has 0 aliphatic carbocycles. The first-order valence-corrected chi connectivity index (χ1v) is 6.11. The zero-order valence-corrected chi connectivity index (χ0v) is 10.3. The highest BCUT2D eigenvalue weighted by atomic mass is 16.2. The number of hydrogen-bond acceptors (Lipinski definition) is 2. The second kappa shape index (κ2) is 6.11. The molecule has 88 valence electrons. The first-order chi connectivity index (χ1) is 7.15. The molecule has 0 spiro atoms. The molecule has 1 aliphatic rings. The van der Waals surface area contributed by atoms with Gasteiger partial charge in [-0.2, -0.15) is 0 Å². The Kier molecular flexibility index (Phi) is 5.09. The van der Waals surface area contributed by atoms with E-state index in [9.17, 15) is 4.79 Å². The quantitative estimate of drug-likeness (QED) is 0.751. The summed E-state index contributed by atoms with van der Waals surface area (Å²) in [5.41, 5.74) is 0. The lowest BCUT2D eigenvalue weighted by Gasteiger charge is -2.25. The van der Waals surface area contributed by atoms with Crippen molar-refractivity contribution in [2.24, 2.45) is 5.92 Å². The molecule has 1 fully saturated rings. The fraction of sp³-hybridized carbons (Fsp3) is 0.917. The maximum absolute atomic E-state index is 11.9. The summed E-state index contributed by atoms with van der Waals surface area (Å²) in [5.74, 6) is 0.837. The van der Waals surface area contributed by atoms with E-state index in [1.54, 1.807) is 0 Å². The van der Waals surface area contributed by atoms with Crippen molar-refractivity contribution in [3.63, 3.8) is 0 Å². The molecule has 1 N–H and O–H groups in total. The molecule has 2 atom stereocenters. The third-order valence-electron chi connectivity index (χ3n) is 3.28. The van der Waals surface area contributed by atoms with Crippen molar-refractivity contribution >= 4 is 5.91 Å². The van der Waals surface area contributed by atoms with Gasteiger partial charge in [0.1, 0.15) is 0 Å². The number of nitrogens with zero attached hydrogens (tertiary/aromatic N) is 1. The Labute approximate surface area is 93.2 Å². The minimum atomic E-state index is 0.310. The highest BCUT2D eigenvalue weighted by molar-refractivity contribution is 5.76. The summed E-state index contributed by atoms with van der Waals surface area (Å²) >= 11 is 0. The van der Waals surface area contributed by atoms with Crippen molar-refractivity contribution in [3.8, 4) is 0 Å². The highest BCUT2D eigenvalue weighted by Gasteiger charge is 2.23. The molecule has 1 saturated heterocycles. The molecular weight excluding hydrogens is 188 g/mol. The third-order valence-corrected chi connectivity index (χ3v) is 3.28. The highest BCUT2D eigenvalue weighted by Crippen LogP contribution is 2.14. The van der Waals surface area contributed by atoms with Crippen molar-refractivity contribution in [3.05, 3.63) is 0 Å². The Bertz CT molecular complexity index is 200. The van der Waals surface area contributed by atoms with Crippen LogP contribution in [0.2, 0.25) is 0 Å². The fourth-order valence-corrected chi connectivity index (χ4v) is 2.21. The van der Waals surface area contributed by atoms with E-state index < -0.39 is 0 Å². The number of amides is 1. The third kappa shape index (κ3) is 3.82. The van der Waals surface area contributed by atoms with Gasteiger partial charge in [0.25, 0.3) is 0 Å². The standard InChI is InChI=1S/C12H24N2O/c1-4-5-10(2)8-12(15)14(3)11-6-7-13-9-11/h10-11,13H,4-9H2,1-3H3.